The first-order chi connectivity index (χ1) is 17.1. The Kier molecular flexibility index (Phi) is 4.76. The second kappa shape index (κ2) is 7.79. The average molecular weight is 483 g/mol. The van der Waals surface area contributed by atoms with Crippen LogP contribution in [-0.2, 0) is 24.8 Å². The van der Waals surface area contributed by atoms with Gasteiger partial charge in [0.25, 0.3) is 5.56 Å². The molecule has 0 N–H and O–H groups in total. The summed E-state index contributed by atoms with van der Waals surface area (Å²) in [6.07, 6.45) is 7.51. The van der Waals surface area contributed by atoms with Crippen molar-refractivity contribution in [1.82, 2.24) is 9.55 Å². The van der Waals surface area contributed by atoms with Gasteiger partial charge in [-0.15, -0.1) is 11.3 Å². The van der Waals surface area contributed by atoms with Crippen molar-refractivity contribution in [1.29, 1.82) is 0 Å². The Morgan fingerprint density at radius 1 is 1.17 bits per heavy atom. The summed E-state index contributed by atoms with van der Waals surface area (Å²) in [5, 5.41) is 0.896. The Hall–Kier alpha value is -2.92. The highest BCUT2D eigenvalue weighted by atomic mass is 32.1. The van der Waals surface area contributed by atoms with E-state index in [9.17, 15) is 4.79 Å². The summed E-state index contributed by atoms with van der Waals surface area (Å²) in [5.41, 5.74) is 5.66. The molecular formula is C30H30N2O2S. The third-order valence-electron chi connectivity index (χ3n) is 9.25. The van der Waals surface area contributed by atoms with Crippen molar-refractivity contribution in [3.8, 4) is 5.75 Å². The summed E-state index contributed by atoms with van der Waals surface area (Å²) in [6, 6.07) is 16.9. The van der Waals surface area contributed by atoms with Crippen LogP contribution in [0.25, 0.3) is 10.2 Å². The van der Waals surface area contributed by atoms with Crippen LogP contribution >= 0.6 is 11.3 Å². The fraction of sp³-hybridized carbons (Fsp3) is 0.400. The summed E-state index contributed by atoms with van der Waals surface area (Å²) in [5.74, 6) is 2.87. The van der Waals surface area contributed by atoms with Crippen LogP contribution in [0.2, 0.25) is 0 Å². The molecule has 35 heavy (non-hydrogen) atoms. The van der Waals surface area contributed by atoms with Crippen molar-refractivity contribution >= 4 is 21.6 Å². The molecule has 2 heterocycles. The first-order valence-corrected chi connectivity index (χ1v) is 13.6. The highest BCUT2D eigenvalue weighted by Gasteiger charge is 2.54. The first kappa shape index (κ1) is 21.4. The molecular weight excluding hydrogens is 452 g/mol. The molecule has 178 valence electrons. The molecule has 0 spiro atoms. The molecule has 0 unspecified atom stereocenters. The number of ether oxygens (including phenoxy) is 1. The minimum absolute atomic E-state index is 0.0610. The van der Waals surface area contributed by atoms with Crippen LogP contribution < -0.4 is 10.3 Å². The lowest BCUT2D eigenvalue weighted by atomic mass is 9.55. The molecule has 3 aliphatic rings. The van der Waals surface area contributed by atoms with E-state index in [0.717, 1.165) is 40.8 Å². The van der Waals surface area contributed by atoms with E-state index in [1.165, 1.54) is 34.4 Å². The van der Waals surface area contributed by atoms with Crippen LogP contribution in [0, 0.1) is 11.8 Å². The van der Waals surface area contributed by atoms with E-state index in [2.05, 4.69) is 37.3 Å². The zero-order valence-corrected chi connectivity index (χ0v) is 21.1. The number of thiophene rings is 1. The van der Waals surface area contributed by atoms with Crippen LogP contribution in [0.5, 0.6) is 5.75 Å². The standard InChI is InChI=1S/C30H30N2O2S/c1-30-13-12-22-21-11-9-20(34-2)14-19(21)8-10-23(22)24(30)15-25-27(30)26-28(35-25)31-17-32(29(26)33)16-18-6-4-3-5-7-18/h3-7,9,11,14,17,22-24H,8,10,12-13,15-16H2,1-2H3/t22-,23-,24+,30-/m1/s1. The van der Waals surface area contributed by atoms with Gasteiger partial charge >= 0.3 is 0 Å². The van der Waals surface area contributed by atoms with Gasteiger partial charge in [0.1, 0.15) is 10.6 Å². The molecule has 0 saturated heterocycles. The van der Waals surface area contributed by atoms with Crippen molar-refractivity contribution in [3.63, 3.8) is 0 Å². The smallest absolute Gasteiger partial charge is 0.262 e. The van der Waals surface area contributed by atoms with Gasteiger partial charge in [-0.25, -0.2) is 4.98 Å². The Bertz CT molecular complexity index is 1500. The molecule has 4 nitrogen and oxygen atoms in total. The number of rotatable bonds is 3. The third kappa shape index (κ3) is 3.10. The van der Waals surface area contributed by atoms with Gasteiger partial charge in [-0.2, -0.15) is 0 Å². The molecule has 2 aromatic heterocycles. The molecule has 4 aromatic rings. The predicted molar refractivity (Wildman–Crippen MR) is 141 cm³/mol. The molecule has 7 rings (SSSR count). The molecule has 0 amide bonds. The van der Waals surface area contributed by atoms with Gasteiger partial charge in [0.2, 0.25) is 0 Å². The molecule has 0 bridgehead atoms. The number of nitrogens with zero attached hydrogens (tertiary/aromatic N) is 2. The summed E-state index contributed by atoms with van der Waals surface area (Å²) in [6.45, 7) is 3.02. The quantitative estimate of drug-likeness (QED) is 0.355. The highest BCUT2D eigenvalue weighted by molar-refractivity contribution is 7.18. The van der Waals surface area contributed by atoms with Crippen LogP contribution in [0.4, 0.5) is 0 Å². The Morgan fingerprint density at radius 3 is 2.86 bits per heavy atom. The van der Waals surface area contributed by atoms with Crippen LogP contribution in [-0.4, -0.2) is 16.7 Å². The Morgan fingerprint density at radius 2 is 2.03 bits per heavy atom. The van der Waals surface area contributed by atoms with Gasteiger partial charge < -0.3 is 4.74 Å². The number of hydrogen-bond donors (Lipinski definition) is 0. The van der Waals surface area contributed by atoms with Crippen LogP contribution in [0.1, 0.15) is 59.2 Å². The molecule has 0 aliphatic heterocycles. The summed E-state index contributed by atoms with van der Waals surface area (Å²) in [7, 11) is 1.75. The molecule has 1 fully saturated rings. The average Bonchev–Trinajstić information content (AvgIpc) is 3.40. The Labute approximate surface area is 209 Å². The largest absolute Gasteiger partial charge is 0.497 e. The van der Waals surface area contributed by atoms with Crippen LogP contribution in [0.3, 0.4) is 0 Å². The number of aryl methyl sites for hydroxylation is 1. The van der Waals surface area contributed by atoms with E-state index < -0.39 is 0 Å². The van der Waals surface area contributed by atoms with E-state index in [0.29, 0.717) is 24.3 Å². The fourth-order valence-corrected chi connectivity index (χ4v) is 8.93. The number of aromatic nitrogens is 2. The number of methoxy groups -OCH3 is 1. The van der Waals surface area contributed by atoms with E-state index in [1.807, 2.05) is 18.2 Å². The van der Waals surface area contributed by atoms with Gasteiger partial charge in [-0.05, 0) is 89.7 Å². The lowest BCUT2D eigenvalue weighted by molar-refractivity contribution is 0.106. The fourth-order valence-electron chi connectivity index (χ4n) is 7.61. The lowest BCUT2D eigenvalue weighted by Gasteiger charge is -2.49. The summed E-state index contributed by atoms with van der Waals surface area (Å²) >= 11 is 1.77. The maximum absolute atomic E-state index is 13.8. The number of hydrogen-bond acceptors (Lipinski definition) is 4. The SMILES string of the molecule is COc1ccc2c(c1)CC[C@@H]1[C@@H]2CC[C@@]2(C)c3c(sc4ncn(Cc5ccccc5)c(=O)c34)C[C@@H]12. The minimum Gasteiger partial charge on any atom is -0.497 e. The maximum atomic E-state index is 13.8. The Balaban J connectivity index is 1.28. The minimum atomic E-state index is 0.0610. The number of fused-ring (bicyclic) bond motifs is 9. The summed E-state index contributed by atoms with van der Waals surface area (Å²) in [4.78, 5) is 20.9. The van der Waals surface area contributed by atoms with Crippen molar-refractivity contribution in [3.05, 3.63) is 92.3 Å². The molecule has 0 radical (unpaired) electrons. The lowest BCUT2D eigenvalue weighted by Crippen LogP contribution is -2.43. The summed E-state index contributed by atoms with van der Waals surface area (Å²) < 4.78 is 7.30. The van der Waals surface area contributed by atoms with E-state index >= 15 is 0 Å². The van der Waals surface area contributed by atoms with Crippen molar-refractivity contribution in [2.75, 3.05) is 7.11 Å². The molecule has 4 atom stereocenters. The van der Waals surface area contributed by atoms with Gasteiger partial charge in [-0.1, -0.05) is 43.3 Å². The zero-order valence-electron chi connectivity index (χ0n) is 20.3. The van der Waals surface area contributed by atoms with Crippen molar-refractivity contribution in [2.24, 2.45) is 11.8 Å². The molecule has 1 saturated carbocycles. The second-order valence-electron chi connectivity index (χ2n) is 10.9. The monoisotopic (exact) mass is 482 g/mol. The second-order valence-corrected chi connectivity index (χ2v) is 12.0. The van der Waals surface area contributed by atoms with Gasteiger partial charge in [0.15, 0.2) is 0 Å². The normalized spacial score (nSPS) is 26.6. The molecule has 3 aliphatic carbocycles. The van der Waals surface area contributed by atoms with E-state index in [1.54, 1.807) is 29.3 Å². The molecule has 5 heteroatoms. The van der Waals surface area contributed by atoms with E-state index in [4.69, 9.17) is 9.72 Å². The van der Waals surface area contributed by atoms with Crippen molar-refractivity contribution < 1.29 is 4.74 Å². The predicted octanol–water partition coefficient (Wildman–Crippen LogP) is 6.08. The van der Waals surface area contributed by atoms with Gasteiger partial charge in [0, 0.05) is 4.88 Å². The topological polar surface area (TPSA) is 44.1 Å². The van der Waals surface area contributed by atoms with Crippen molar-refractivity contribution in [2.45, 2.75) is 56.9 Å². The first-order valence-electron chi connectivity index (χ1n) is 12.8. The highest BCUT2D eigenvalue weighted by Crippen LogP contribution is 2.62. The van der Waals surface area contributed by atoms with Gasteiger partial charge in [-0.3, -0.25) is 9.36 Å². The molecule has 2 aromatic carbocycles. The maximum Gasteiger partial charge on any atom is 0.262 e. The van der Waals surface area contributed by atoms with E-state index in [-0.39, 0.29) is 11.0 Å². The number of benzene rings is 2. The van der Waals surface area contributed by atoms with Gasteiger partial charge in [0.05, 0.1) is 25.4 Å². The van der Waals surface area contributed by atoms with Crippen LogP contribution in [0.15, 0.2) is 59.7 Å². The zero-order chi connectivity index (χ0) is 23.7. The third-order valence-corrected chi connectivity index (χ3v) is 10.4.